The molecule has 0 bridgehead atoms. The van der Waals surface area contributed by atoms with Gasteiger partial charge in [-0.1, -0.05) is 12.1 Å². The Kier molecular flexibility index (Phi) is 4.22. The quantitative estimate of drug-likeness (QED) is 0.899. The van der Waals surface area contributed by atoms with Crippen LogP contribution in [-0.2, 0) is 13.2 Å². The van der Waals surface area contributed by atoms with E-state index in [0.717, 1.165) is 29.2 Å². The molecule has 0 saturated carbocycles. The van der Waals surface area contributed by atoms with Crippen molar-refractivity contribution in [1.82, 2.24) is 9.78 Å². The molecule has 102 valence electrons. The van der Waals surface area contributed by atoms with E-state index in [4.69, 9.17) is 4.74 Å². The van der Waals surface area contributed by atoms with Crippen LogP contribution in [0.25, 0.3) is 0 Å². The smallest absolute Gasteiger partial charge is 0.130 e. The lowest BCUT2D eigenvalue weighted by molar-refractivity contribution is 0.198. The molecule has 2 aromatic rings. The van der Waals surface area contributed by atoms with E-state index in [1.54, 1.807) is 6.92 Å². The summed E-state index contributed by atoms with van der Waals surface area (Å²) in [5.74, 6) is 0.764. The van der Waals surface area contributed by atoms with Crippen LogP contribution in [0.4, 0.5) is 0 Å². The summed E-state index contributed by atoms with van der Waals surface area (Å²) in [7, 11) is 0. The molecule has 0 aliphatic rings. The summed E-state index contributed by atoms with van der Waals surface area (Å²) in [4.78, 5) is 0. The van der Waals surface area contributed by atoms with Crippen molar-refractivity contribution in [3.8, 4) is 5.75 Å². The lowest BCUT2D eigenvalue weighted by Gasteiger charge is -2.10. The van der Waals surface area contributed by atoms with Gasteiger partial charge in [0.2, 0.25) is 0 Å². The maximum absolute atomic E-state index is 9.55. The van der Waals surface area contributed by atoms with Crippen molar-refractivity contribution in [1.29, 1.82) is 0 Å². The summed E-state index contributed by atoms with van der Waals surface area (Å²) in [6.45, 7) is 7.10. The van der Waals surface area contributed by atoms with Gasteiger partial charge in [0, 0.05) is 6.54 Å². The highest BCUT2D eigenvalue weighted by atomic mass is 16.5. The maximum atomic E-state index is 9.55. The van der Waals surface area contributed by atoms with Gasteiger partial charge in [0.25, 0.3) is 0 Å². The minimum absolute atomic E-state index is 0.480. The van der Waals surface area contributed by atoms with Gasteiger partial charge in [-0.05, 0) is 44.5 Å². The highest BCUT2D eigenvalue weighted by Crippen LogP contribution is 2.20. The molecule has 0 aliphatic heterocycles. The number of ether oxygens (including phenoxy) is 1. The molecule has 1 aromatic carbocycles. The van der Waals surface area contributed by atoms with Gasteiger partial charge >= 0.3 is 0 Å². The predicted molar refractivity (Wildman–Crippen MR) is 74.0 cm³/mol. The topological polar surface area (TPSA) is 47.3 Å². The van der Waals surface area contributed by atoms with Crippen LogP contribution in [0.5, 0.6) is 5.75 Å². The average molecular weight is 260 g/mol. The van der Waals surface area contributed by atoms with Crippen LogP contribution in [0, 0.1) is 6.92 Å². The number of aliphatic hydroxyl groups excluding tert-OH is 1. The molecule has 1 N–H and O–H groups in total. The number of aromatic nitrogens is 2. The molecule has 1 heterocycles. The molecule has 4 heteroatoms. The average Bonchev–Trinajstić information content (AvgIpc) is 2.77. The Labute approximate surface area is 113 Å². The zero-order valence-corrected chi connectivity index (χ0v) is 11.6. The Morgan fingerprint density at radius 2 is 2.16 bits per heavy atom. The monoisotopic (exact) mass is 260 g/mol. The van der Waals surface area contributed by atoms with Crippen molar-refractivity contribution >= 4 is 0 Å². The van der Waals surface area contributed by atoms with Crippen LogP contribution < -0.4 is 4.74 Å². The minimum atomic E-state index is -0.480. The van der Waals surface area contributed by atoms with E-state index in [1.807, 2.05) is 41.9 Å². The highest BCUT2D eigenvalue weighted by Gasteiger charge is 2.06. The number of benzene rings is 1. The fraction of sp³-hybridized carbons (Fsp3) is 0.400. The first-order chi connectivity index (χ1) is 9.10. The Balaban J connectivity index is 2.07. The molecule has 2 rings (SSSR count). The van der Waals surface area contributed by atoms with Gasteiger partial charge < -0.3 is 9.84 Å². The normalized spacial score (nSPS) is 12.4. The third kappa shape index (κ3) is 3.35. The molecule has 19 heavy (non-hydrogen) atoms. The maximum Gasteiger partial charge on any atom is 0.130 e. The molecule has 0 amide bonds. The molecule has 4 nitrogen and oxygen atoms in total. The largest absolute Gasteiger partial charge is 0.487 e. The van der Waals surface area contributed by atoms with Gasteiger partial charge in [0.1, 0.15) is 12.4 Å². The lowest BCUT2D eigenvalue weighted by Crippen LogP contribution is -2.06. The van der Waals surface area contributed by atoms with Gasteiger partial charge in [0.05, 0.1) is 17.5 Å². The van der Waals surface area contributed by atoms with Crippen LogP contribution in [0.15, 0.2) is 30.3 Å². The number of aryl methyl sites for hydroxylation is 2. The molecule has 0 radical (unpaired) electrons. The molecule has 0 saturated heterocycles. The number of hydrogen-bond donors (Lipinski definition) is 1. The van der Waals surface area contributed by atoms with Crippen molar-refractivity contribution in [2.45, 2.75) is 40.0 Å². The number of hydrogen-bond acceptors (Lipinski definition) is 3. The van der Waals surface area contributed by atoms with E-state index in [0.29, 0.717) is 6.61 Å². The summed E-state index contributed by atoms with van der Waals surface area (Å²) < 4.78 is 7.71. The van der Waals surface area contributed by atoms with Gasteiger partial charge in [-0.25, -0.2) is 0 Å². The Hall–Kier alpha value is -1.81. The lowest BCUT2D eigenvalue weighted by atomic mass is 10.1. The molecule has 0 unspecified atom stereocenters. The van der Waals surface area contributed by atoms with Gasteiger partial charge in [-0.3, -0.25) is 4.68 Å². The Morgan fingerprint density at radius 1 is 1.37 bits per heavy atom. The minimum Gasteiger partial charge on any atom is -0.487 e. The molecular weight excluding hydrogens is 240 g/mol. The zero-order valence-electron chi connectivity index (χ0n) is 11.6. The van der Waals surface area contributed by atoms with E-state index >= 15 is 0 Å². The van der Waals surface area contributed by atoms with Crippen molar-refractivity contribution in [2.75, 3.05) is 0 Å². The summed E-state index contributed by atoms with van der Waals surface area (Å²) >= 11 is 0. The van der Waals surface area contributed by atoms with Gasteiger partial charge in [-0.15, -0.1) is 0 Å². The predicted octanol–water partition coefficient (Wildman–Crippen LogP) is 2.84. The van der Waals surface area contributed by atoms with Crippen LogP contribution in [0.2, 0.25) is 0 Å². The van der Waals surface area contributed by atoms with Crippen LogP contribution in [0.1, 0.15) is 36.9 Å². The summed E-state index contributed by atoms with van der Waals surface area (Å²) in [5.41, 5.74) is 2.92. The van der Waals surface area contributed by atoms with Crippen molar-refractivity contribution in [2.24, 2.45) is 0 Å². The van der Waals surface area contributed by atoms with E-state index in [2.05, 4.69) is 12.0 Å². The standard InChI is InChI=1S/C15H20N2O2/c1-4-17-14(8-11(2)16-17)10-19-15-7-5-6-13(9-15)12(3)18/h5-9,12,18H,4,10H2,1-3H3/t12-/m0/s1. The Morgan fingerprint density at radius 3 is 2.84 bits per heavy atom. The van der Waals surface area contributed by atoms with E-state index in [-0.39, 0.29) is 0 Å². The summed E-state index contributed by atoms with van der Waals surface area (Å²) in [5, 5.41) is 13.9. The first-order valence-corrected chi connectivity index (χ1v) is 6.54. The van der Waals surface area contributed by atoms with Gasteiger partial charge in [-0.2, -0.15) is 5.10 Å². The third-order valence-corrected chi connectivity index (χ3v) is 3.01. The molecular formula is C15H20N2O2. The van der Waals surface area contributed by atoms with E-state index in [1.165, 1.54) is 0 Å². The third-order valence-electron chi connectivity index (χ3n) is 3.01. The summed E-state index contributed by atoms with van der Waals surface area (Å²) in [6.07, 6.45) is -0.480. The molecule has 0 spiro atoms. The summed E-state index contributed by atoms with van der Waals surface area (Å²) in [6, 6.07) is 9.56. The van der Waals surface area contributed by atoms with Crippen molar-refractivity contribution in [3.63, 3.8) is 0 Å². The number of aliphatic hydroxyl groups is 1. The van der Waals surface area contributed by atoms with Crippen LogP contribution in [0.3, 0.4) is 0 Å². The number of rotatable bonds is 5. The Bertz CT molecular complexity index is 547. The zero-order chi connectivity index (χ0) is 13.8. The molecule has 0 aliphatic carbocycles. The first kappa shape index (κ1) is 13.6. The highest BCUT2D eigenvalue weighted by molar-refractivity contribution is 5.29. The van der Waals surface area contributed by atoms with Crippen LogP contribution in [-0.4, -0.2) is 14.9 Å². The van der Waals surface area contributed by atoms with Crippen molar-refractivity contribution < 1.29 is 9.84 Å². The molecule has 1 aromatic heterocycles. The van der Waals surface area contributed by atoms with Gasteiger partial charge in [0.15, 0.2) is 0 Å². The second-order valence-electron chi connectivity index (χ2n) is 4.63. The molecule has 1 atom stereocenters. The SMILES string of the molecule is CCn1nc(C)cc1COc1cccc([C@H](C)O)c1. The second-order valence-corrected chi connectivity index (χ2v) is 4.63. The van der Waals surface area contributed by atoms with Crippen LogP contribution >= 0.6 is 0 Å². The van der Waals surface area contributed by atoms with E-state index in [9.17, 15) is 5.11 Å². The fourth-order valence-corrected chi connectivity index (χ4v) is 2.01. The van der Waals surface area contributed by atoms with E-state index < -0.39 is 6.10 Å². The fourth-order valence-electron chi connectivity index (χ4n) is 2.01. The second kappa shape index (κ2) is 5.89. The van der Waals surface area contributed by atoms with Crippen molar-refractivity contribution in [3.05, 3.63) is 47.3 Å². The number of nitrogens with zero attached hydrogens (tertiary/aromatic N) is 2. The first-order valence-electron chi connectivity index (χ1n) is 6.54. The molecule has 0 fully saturated rings.